The summed E-state index contributed by atoms with van der Waals surface area (Å²) in [6.45, 7) is 4.96. The molecule has 4 rings (SSSR count). The molecule has 0 heterocycles. The van der Waals surface area contributed by atoms with Crippen molar-refractivity contribution in [3.63, 3.8) is 0 Å². The van der Waals surface area contributed by atoms with Crippen LogP contribution in [0.5, 0.6) is 0 Å². The summed E-state index contributed by atoms with van der Waals surface area (Å²) < 4.78 is 31.7. The van der Waals surface area contributed by atoms with Crippen molar-refractivity contribution in [3.8, 4) is 0 Å². The Bertz CT molecular complexity index is 797. The van der Waals surface area contributed by atoms with E-state index >= 15 is 8.78 Å². The molecule has 140 valence electrons. The molecule has 0 aromatic heterocycles. The lowest BCUT2D eigenvalue weighted by Gasteiger charge is -2.62. The summed E-state index contributed by atoms with van der Waals surface area (Å²) in [6.07, 6.45) is 3.53. The quantitative estimate of drug-likeness (QED) is 0.778. The number of fused-ring (bicyclic) bond motifs is 5. The summed E-state index contributed by atoms with van der Waals surface area (Å²) in [5, 5.41) is 10.9. The van der Waals surface area contributed by atoms with Gasteiger partial charge in [0.2, 0.25) is 0 Å². The Morgan fingerprint density at radius 3 is 2.65 bits per heavy atom. The number of allylic oxidation sites excluding steroid dienone is 6. The molecule has 2 unspecified atom stereocenters. The fourth-order valence-corrected chi connectivity index (χ4v) is 6.32. The van der Waals surface area contributed by atoms with E-state index in [9.17, 15) is 14.7 Å². The van der Waals surface area contributed by atoms with Gasteiger partial charge in [-0.3, -0.25) is 9.59 Å². The molecule has 0 bridgehead atoms. The second-order valence-electron chi connectivity index (χ2n) is 8.77. The van der Waals surface area contributed by atoms with E-state index in [2.05, 4.69) is 0 Å². The Balaban J connectivity index is 1.85. The molecular weight excluding hydrogens is 338 g/mol. The van der Waals surface area contributed by atoms with Crippen molar-refractivity contribution < 1.29 is 23.5 Å². The van der Waals surface area contributed by atoms with Crippen LogP contribution in [0.25, 0.3) is 0 Å². The van der Waals surface area contributed by atoms with Crippen molar-refractivity contribution in [2.24, 2.45) is 22.7 Å². The highest BCUT2D eigenvalue weighted by atomic mass is 19.1. The minimum absolute atomic E-state index is 0.0730. The maximum absolute atomic E-state index is 16.6. The van der Waals surface area contributed by atoms with Crippen LogP contribution in [0.3, 0.4) is 0 Å². The first-order valence-corrected chi connectivity index (χ1v) is 9.23. The summed E-state index contributed by atoms with van der Waals surface area (Å²) in [6, 6.07) is 0. The average molecular weight is 362 g/mol. The highest BCUT2D eigenvalue weighted by Gasteiger charge is 2.71. The molecule has 0 aliphatic heterocycles. The van der Waals surface area contributed by atoms with Crippen molar-refractivity contribution >= 4 is 11.6 Å². The highest BCUT2D eigenvalue weighted by Crippen LogP contribution is 2.68. The van der Waals surface area contributed by atoms with E-state index in [1.54, 1.807) is 6.92 Å². The number of carbonyl (C=O) groups is 2. The van der Waals surface area contributed by atoms with Crippen molar-refractivity contribution in [1.29, 1.82) is 0 Å². The number of ketones is 2. The van der Waals surface area contributed by atoms with Gasteiger partial charge in [0.1, 0.15) is 6.17 Å². The zero-order valence-corrected chi connectivity index (χ0v) is 15.3. The van der Waals surface area contributed by atoms with Crippen LogP contribution in [0.2, 0.25) is 0 Å². The van der Waals surface area contributed by atoms with Gasteiger partial charge < -0.3 is 5.11 Å². The lowest BCUT2D eigenvalue weighted by atomic mass is 9.45. The van der Waals surface area contributed by atoms with E-state index in [1.165, 1.54) is 25.2 Å². The minimum atomic E-state index is -2.07. The van der Waals surface area contributed by atoms with Gasteiger partial charge in [-0.2, -0.15) is 0 Å². The number of hydrogen-bond donors (Lipinski definition) is 1. The molecule has 0 aromatic rings. The van der Waals surface area contributed by atoms with Crippen LogP contribution in [0.4, 0.5) is 8.78 Å². The molecule has 2 saturated carbocycles. The molecule has 0 saturated heterocycles. The summed E-state index contributed by atoms with van der Waals surface area (Å²) in [5.41, 5.74) is -3.31. The third-order valence-electron chi connectivity index (χ3n) is 7.59. The lowest BCUT2D eigenvalue weighted by Crippen LogP contribution is -2.68. The molecule has 0 radical (unpaired) electrons. The molecule has 0 aromatic carbocycles. The zero-order valence-electron chi connectivity index (χ0n) is 15.3. The van der Waals surface area contributed by atoms with Gasteiger partial charge in [-0.05, 0) is 62.3 Å². The fourth-order valence-electron chi connectivity index (χ4n) is 6.32. The minimum Gasteiger partial charge on any atom is -0.390 e. The van der Waals surface area contributed by atoms with Gasteiger partial charge in [-0.1, -0.05) is 19.1 Å². The molecule has 4 aliphatic rings. The molecule has 1 N–H and O–H groups in total. The Labute approximate surface area is 151 Å². The third-order valence-corrected chi connectivity index (χ3v) is 7.59. The van der Waals surface area contributed by atoms with E-state index in [0.717, 1.165) is 0 Å². The first-order valence-electron chi connectivity index (χ1n) is 9.23. The summed E-state index contributed by atoms with van der Waals surface area (Å²) in [7, 11) is 0. The topological polar surface area (TPSA) is 54.4 Å². The molecule has 7 atom stereocenters. The van der Waals surface area contributed by atoms with Crippen LogP contribution in [0.15, 0.2) is 35.5 Å². The standard InChI is InChI=1S/C21H24F2O3/c1-11(24)13-4-5-14-15-9-17(22)16-8-12(25)6-7-20(16,3)21(15,23)18(26)10-19(13,14)2/h4,6-8,14-15,17-18,26H,5,9-10H2,1-3H3/t14?,15?,17-,18+,19-,20+,21+/m1/s1. The normalized spacial score (nSPS) is 49.7. The Morgan fingerprint density at radius 2 is 2.00 bits per heavy atom. The highest BCUT2D eigenvalue weighted by molar-refractivity contribution is 6.01. The van der Waals surface area contributed by atoms with E-state index < -0.39 is 34.7 Å². The molecule has 26 heavy (non-hydrogen) atoms. The molecule has 0 spiro atoms. The van der Waals surface area contributed by atoms with Crippen LogP contribution >= 0.6 is 0 Å². The third kappa shape index (κ3) is 1.90. The number of aliphatic hydroxyl groups is 1. The first-order chi connectivity index (χ1) is 12.1. The number of aliphatic hydroxyl groups excluding tert-OH is 1. The van der Waals surface area contributed by atoms with Gasteiger partial charge in [0.25, 0.3) is 0 Å². The molecule has 2 fully saturated rings. The lowest BCUT2D eigenvalue weighted by molar-refractivity contribution is -0.192. The van der Waals surface area contributed by atoms with E-state index in [0.29, 0.717) is 12.0 Å². The number of halogens is 2. The summed E-state index contributed by atoms with van der Waals surface area (Å²) in [5.74, 6) is -1.38. The van der Waals surface area contributed by atoms with Crippen molar-refractivity contribution in [2.45, 2.75) is 58.0 Å². The molecule has 4 aliphatic carbocycles. The second-order valence-corrected chi connectivity index (χ2v) is 8.77. The van der Waals surface area contributed by atoms with Crippen molar-refractivity contribution in [1.82, 2.24) is 0 Å². The smallest absolute Gasteiger partial charge is 0.178 e. The largest absolute Gasteiger partial charge is 0.390 e. The average Bonchev–Trinajstić information content (AvgIpc) is 2.89. The maximum Gasteiger partial charge on any atom is 0.178 e. The number of carbonyl (C=O) groups excluding carboxylic acids is 2. The van der Waals surface area contributed by atoms with Crippen LogP contribution in [-0.4, -0.2) is 34.6 Å². The molecule has 0 amide bonds. The predicted octanol–water partition coefficient (Wildman–Crippen LogP) is 3.43. The Hall–Kier alpha value is -1.62. The van der Waals surface area contributed by atoms with Gasteiger partial charge in [-0.15, -0.1) is 0 Å². The van der Waals surface area contributed by atoms with Crippen molar-refractivity contribution in [3.05, 3.63) is 35.5 Å². The number of Topliss-reactive ketones (excluding diaryl/α,β-unsaturated/α-hetero) is 1. The van der Waals surface area contributed by atoms with Crippen LogP contribution in [-0.2, 0) is 9.59 Å². The second kappa shape index (κ2) is 5.22. The van der Waals surface area contributed by atoms with Crippen LogP contribution in [0.1, 0.15) is 40.0 Å². The van der Waals surface area contributed by atoms with Crippen LogP contribution in [0, 0.1) is 22.7 Å². The fraction of sp³-hybridized carbons (Fsp3) is 0.619. The van der Waals surface area contributed by atoms with Gasteiger partial charge in [0.05, 0.1) is 6.10 Å². The van der Waals surface area contributed by atoms with Gasteiger partial charge >= 0.3 is 0 Å². The van der Waals surface area contributed by atoms with Gasteiger partial charge in [0.15, 0.2) is 17.2 Å². The Morgan fingerprint density at radius 1 is 1.31 bits per heavy atom. The van der Waals surface area contributed by atoms with Gasteiger partial charge in [0, 0.05) is 16.7 Å². The molecule has 3 nitrogen and oxygen atoms in total. The van der Waals surface area contributed by atoms with Gasteiger partial charge in [-0.25, -0.2) is 8.78 Å². The Kier molecular flexibility index (Phi) is 3.57. The number of alkyl halides is 2. The summed E-state index contributed by atoms with van der Waals surface area (Å²) in [4.78, 5) is 23.8. The monoisotopic (exact) mass is 362 g/mol. The molecular formula is C21H24F2O3. The zero-order chi connectivity index (χ0) is 19.1. The predicted molar refractivity (Wildman–Crippen MR) is 92.8 cm³/mol. The maximum atomic E-state index is 16.6. The first kappa shape index (κ1) is 17.8. The SMILES string of the molecule is CC(=O)C1=CCC2C3C[C@@H](F)C4=CC(=O)C=C[C@]4(C)[C@@]3(F)[C@@H](O)C[C@]12C. The number of rotatable bonds is 1. The van der Waals surface area contributed by atoms with Crippen LogP contribution < -0.4 is 0 Å². The molecule has 5 heteroatoms. The van der Waals surface area contributed by atoms with E-state index in [4.69, 9.17) is 0 Å². The van der Waals surface area contributed by atoms with E-state index in [-0.39, 0.29) is 35.9 Å². The summed E-state index contributed by atoms with van der Waals surface area (Å²) >= 11 is 0. The van der Waals surface area contributed by atoms with E-state index in [1.807, 2.05) is 13.0 Å². The van der Waals surface area contributed by atoms with Crippen molar-refractivity contribution in [2.75, 3.05) is 0 Å². The number of hydrogen-bond acceptors (Lipinski definition) is 3.